The Kier molecular flexibility index (Phi) is 3.88. The topological polar surface area (TPSA) is 65.1 Å². The van der Waals surface area contributed by atoms with Gasteiger partial charge in [-0.1, -0.05) is 35.9 Å². The van der Waals surface area contributed by atoms with Crippen LogP contribution in [0.2, 0.25) is 5.02 Å². The lowest BCUT2D eigenvalue weighted by atomic mass is 10.1. The third kappa shape index (κ3) is 2.84. The molecule has 1 unspecified atom stereocenters. The normalized spacial score (nSPS) is 12.3. The summed E-state index contributed by atoms with van der Waals surface area (Å²) in [6, 6.07) is 14.4. The van der Waals surface area contributed by atoms with E-state index in [1.807, 2.05) is 18.2 Å². The van der Waals surface area contributed by atoms with Crippen molar-refractivity contribution < 1.29 is 9.90 Å². The number of carbonyl (C=O) groups is 1. The molecule has 1 amide bonds. The van der Waals surface area contributed by atoms with E-state index < -0.39 is 6.10 Å². The monoisotopic (exact) mass is 314 g/mol. The first-order chi connectivity index (χ1) is 10.5. The minimum Gasteiger partial charge on any atom is -0.389 e. The lowest BCUT2D eigenvalue weighted by molar-refractivity contribution is 0.102. The Bertz CT molecular complexity index is 840. The number of benzene rings is 2. The summed E-state index contributed by atoms with van der Waals surface area (Å²) in [5, 5.41) is 14.1. The zero-order valence-corrected chi connectivity index (χ0v) is 12.7. The van der Waals surface area contributed by atoms with Crippen molar-refractivity contribution >= 4 is 34.1 Å². The highest BCUT2D eigenvalue weighted by atomic mass is 35.5. The number of aromatic nitrogens is 1. The molecular weight excluding hydrogens is 300 g/mol. The van der Waals surface area contributed by atoms with Crippen LogP contribution >= 0.6 is 11.6 Å². The van der Waals surface area contributed by atoms with Crippen molar-refractivity contribution in [2.45, 2.75) is 13.0 Å². The number of rotatable bonds is 3. The molecule has 4 nitrogen and oxygen atoms in total. The molecular formula is C17H15ClN2O2. The standard InChI is InChI=1S/C17H15ClN2O2/c1-10(21)13-4-2-3-5-14(13)20-17(22)16-8-11-6-7-12(18)9-15(11)19-16/h2-10,19,21H,1H3,(H,20,22). The van der Waals surface area contributed by atoms with Gasteiger partial charge in [0.05, 0.1) is 6.10 Å². The summed E-state index contributed by atoms with van der Waals surface area (Å²) in [5.41, 5.74) is 2.52. The average Bonchev–Trinajstić information content (AvgIpc) is 2.90. The fourth-order valence-electron chi connectivity index (χ4n) is 2.39. The van der Waals surface area contributed by atoms with Crippen molar-refractivity contribution in [3.63, 3.8) is 0 Å². The van der Waals surface area contributed by atoms with Gasteiger partial charge in [0.2, 0.25) is 0 Å². The maximum absolute atomic E-state index is 12.4. The predicted octanol–water partition coefficient (Wildman–Crippen LogP) is 4.13. The molecule has 1 heterocycles. The molecule has 0 aliphatic heterocycles. The quantitative estimate of drug-likeness (QED) is 0.680. The molecule has 1 aromatic heterocycles. The molecule has 3 rings (SSSR count). The summed E-state index contributed by atoms with van der Waals surface area (Å²) in [6.45, 7) is 1.66. The Morgan fingerprint density at radius 3 is 2.77 bits per heavy atom. The zero-order valence-electron chi connectivity index (χ0n) is 11.9. The zero-order chi connectivity index (χ0) is 15.7. The summed E-state index contributed by atoms with van der Waals surface area (Å²) in [7, 11) is 0. The van der Waals surface area contributed by atoms with Gasteiger partial charge in [-0.25, -0.2) is 0 Å². The number of fused-ring (bicyclic) bond motifs is 1. The van der Waals surface area contributed by atoms with Crippen molar-refractivity contribution in [2.24, 2.45) is 0 Å². The van der Waals surface area contributed by atoms with Crippen LogP contribution in [0, 0.1) is 0 Å². The van der Waals surface area contributed by atoms with E-state index in [-0.39, 0.29) is 5.91 Å². The third-order valence-corrected chi connectivity index (χ3v) is 3.72. The van der Waals surface area contributed by atoms with Crippen molar-refractivity contribution in [1.29, 1.82) is 0 Å². The van der Waals surface area contributed by atoms with E-state index in [0.29, 0.717) is 22.0 Å². The van der Waals surface area contributed by atoms with Gasteiger partial charge in [0.25, 0.3) is 5.91 Å². The lowest BCUT2D eigenvalue weighted by Crippen LogP contribution is -2.14. The second kappa shape index (κ2) is 5.83. The number of H-pyrrole nitrogens is 1. The number of aromatic amines is 1. The van der Waals surface area contributed by atoms with E-state index >= 15 is 0 Å². The van der Waals surface area contributed by atoms with Crippen LogP contribution in [0.15, 0.2) is 48.5 Å². The van der Waals surface area contributed by atoms with E-state index in [1.54, 1.807) is 37.3 Å². The van der Waals surface area contributed by atoms with Crippen LogP contribution in [0.3, 0.4) is 0 Å². The van der Waals surface area contributed by atoms with Crippen molar-refractivity contribution in [3.8, 4) is 0 Å². The van der Waals surface area contributed by atoms with Gasteiger partial charge in [0.15, 0.2) is 0 Å². The molecule has 112 valence electrons. The summed E-state index contributed by atoms with van der Waals surface area (Å²) in [5.74, 6) is -0.263. The smallest absolute Gasteiger partial charge is 0.272 e. The molecule has 0 aliphatic carbocycles. The molecule has 0 fully saturated rings. The number of amides is 1. The fourth-order valence-corrected chi connectivity index (χ4v) is 2.56. The van der Waals surface area contributed by atoms with E-state index in [1.165, 1.54) is 0 Å². The maximum Gasteiger partial charge on any atom is 0.272 e. The van der Waals surface area contributed by atoms with Crippen LogP contribution in [-0.4, -0.2) is 16.0 Å². The Labute approximate surface area is 132 Å². The van der Waals surface area contributed by atoms with Crippen LogP contribution in [0.4, 0.5) is 5.69 Å². The lowest BCUT2D eigenvalue weighted by Gasteiger charge is -2.12. The summed E-state index contributed by atoms with van der Waals surface area (Å²) in [6.07, 6.45) is -0.655. The highest BCUT2D eigenvalue weighted by Gasteiger charge is 2.13. The van der Waals surface area contributed by atoms with E-state index in [9.17, 15) is 9.90 Å². The molecule has 5 heteroatoms. The van der Waals surface area contributed by atoms with Gasteiger partial charge in [0, 0.05) is 27.2 Å². The molecule has 0 saturated carbocycles. The molecule has 0 bridgehead atoms. The first kappa shape index (κ1) is 14.6. The molecule has 0 aliphatic rings. The minimum atomic E-state index is -0.655. The number of nitrogens with one attached hydrogen (secondary N) is 2. The molecule has 1 atom stereocenters. The molecule has 2 aromatic carbocycles. The Morgan fingerprint density at radius 2 is 2.00 bits per heavy atom. The largest absolute Gasteiger partial charge is 0.389 e. The highest BCUT2D eigenvalue weighted by molar-refractivity contribution is 6.31. The minimum absolute atomic E-state index is 0.263. The van der Waals surface area contributed by atoms with Gasteiger partial charge < -0.3 is 15.4 Å². The highest BCUT2D eigenvalue weighted by Crippen LogP contribution is 2.24. The van der Waals surface area contributed by atoms with Gasteiger partial charge in [-0.2, -0.15) is 0 Å². The van der Waals surface area contributed by atoms with E-state index in [4.69, 9.17) is 11.6 Å². The Morgan fingerprint density at radius 1 is 1.23 bits per heavy atom. The van der Waals surface area contributed by atoms with Crippen molar-refractivity contribution in [3.05, 3.63) is 64.8 Å². The maximum atomic E-state index is 12.4. The van der Waals surface area contributed by atoms with Gasteiger partial charge in [-0.15, -0.1) is 0 Å². The van der Waals surface area contributed by atoms with Crippen molar-refractivity contribution in [2.75, 3.05) is 5.32 Å². The first-order valence-corrected chi connectivity index (χ1v) is 7.29. The second-order valence-electron chi connectivity index (χ2n) is 5.13. The molecule has 3 aromatic rings. The fraction of sp³-hybridized carbons (Fsp3) is 0.118. The summed E-state index contributed by atoms with van der Waals surface area (Å²) < 4.78 is 0. The number of anilines is 1. The molecule has 0 saturated heterocycles. The van der Waals surface area contributed by atoms with Gasteiger partial charge in [-0.05, 0) is 31.2 Å². The number of hydrogen-bond donors (Lipinski definition) is 3. The molecule has 3 N–H and O–H groups in total. The van der Waals surface area contributed by atoms with Crippen LogP contribution in [0.1, 0.15) is 29.1 Å². The molecule has 0 radical (unpaired) electrons. The van der Waals surface area contributed by atoms with Gasteiger partial charge in [0.1, 0.15) is 5.69 Å². The number of carbonyl (C=O) groups excluding carboxylic acids is 1. The second-order valence-corrected chi connectivity index (χ2v) is 5.57. The van der Waals surface area contributed by atoms with E-state index in [0.717, 1.165) is 10.9 Å². The number of aliphatic hydroxyl groups excluding tert-OH is 1. The summed E-state index contributed by atoms with van der Waals surface area (Å²) in [4.78, 5) is 15.4. The van der Waals surface area contributed by atoms with Crippen LogP contribution in [0.25, 0.3) is 10.9 Å². The van der Waals surface area contributed by atoms with E-state index in [2.05, 4.69) is 10.3 Å². The number of halogens is 1. The predicted molar refractivity (Wildman–Crippen MR) is 88.3 cm³/mol. The summed E-state index contributed by atoms with van der Waals surface area (Å²) >= 11 is 5.94. The average molecular weight is 315 g/mol. The number of aliphatic hydroxyl groups is 1. The number of para-hydroxylation sites is 1. The first-order valence-electron chi connectivity index (χ1n) is 6.91. The van der Waals surface area contributed by atoms with Crippen LogP contribution in [-0.2, 0) is 0 Å². The van der Waals surface area contributed by atoms with Crippen molar-refractivity contribution in [1.82, 2.24) is 4.98 Å². The van der Waals surface area contributed by atoms with Crippen LogP contribution < -0.4 is 5.32 Å². The van der Waals surface area contributed by atoms with Gasteiger partial charge >= 0.3 is 0 Å². The third-order valence-electron chi connectivity index (χ3n) is 3.49. The SMILES string of the molecule is CC(O)c1ccccc1NC(=O)c1cc2ccc(Cl)cc2[nH]1. The van der Waals surface area contributed by atoms with Crippen LogP contribution in [0.5, 0.6) is 0 Å². The molecule has 0 spiro atoms. The molecule has 22 heavy (non-hydrogen) atoms. The Balaban J connectivity index is 1.90. The Hall–Kier alpha value is -2.30. The number of hydrogen-bond acceptors (Lipinski definition) is 2. The van der Waals surface area contributed by atoms with Gasteiger partial charge in [-0.3, -0.25) is 4.79 Å².